The third-order valence-electron chi connectivity index (χ3n) is 5.08. The molecule has 1 aliphatic heterocycles. The highest BCUT2D eigenvalue weighted by molar-refractivity contribution is 5.88. The molecule has 7 nitrogen and oxygen atoms in total. The maximum absolute atomic E-state index is 4.91. The summed E-state index contributed by atoms with van der Waals surface area (Å²) in [6.45, 7) is 4.05. The van der Waals surface area contributed by atoms with Gasteiger partial charge in [-0.05, 0) is 31.2 Å². The van der Waals surface area contributed by atoms with E-state index in [1.54, 1.807) is 10.9 Å². The molecule has 0 saturated heterocycles. The number of anilines is 1. The van der Waals surface area contributed by atoms with Crippen LogP contribution in [0.2, 0.25) is 0 Å². The Labute approximate surface area is 150 Å². The van der Waals surface area contributed by atoms with Crippen molar-refractivity contribution < 1.29 is 0 Å². The molecule has 0 radical (unpaired) electrons. The van der Waals surface area contributed by atoms with E-state index in [1.807, 2.05) is 31.4 Å². The van der Waals surface area contributed by atoms with Crippen molar-refractivity contribution in [3.05, 3.63) is 54.6 Å². The number of rotatable bonds is 2. The van der Waals surface area contributed by atoms with Crippen LogP contribution in [0.15, 0.2) is 48.9 Å². The van der Waals surface area contributed by atoms with Gasteiger partial charge in [-0.3, -0.25) is 9.67 Å². The van der Waals surface area contributed by atoms with Gasteiger partial charge in [-0.2, -0.15) is 5.10 Å². The van der Waals surface area contributed by atoms with Gasteiger partial charge in [0.1, 0.15) is 11.5 Å². The molecule has 0 amide bonds. The lowest BCUT2D eigenvalue weighted by Crippen LogP contribution is -2.37. The van der Waals surface area contributed by atoms with E-state index in [4.69, 9.17) is 9.97 Å². The molecule has 4 aromatic heterocycles. The summed E-state index contributed by atoms with van der Waals surface area (Å²) >= 11 is 0. The van der Waals surface area contributed by atoms with Crippen molar-refractivity contribution in [2.24, 2.45) is 7.05 Å². The molecule has 130 valence electrons. The molecule has 5 rings (SSSR count). The van der Waals surface area contributed by atoms with Crippen LogP contribution in [-0.2, 0) is 13.6 Å². The Morgan fingerprint density at radius 1 is 1.08 bits per heavy atom. The first kappa shape index (κ1) is 15.1. The fourth-order valence-electron chi connectivity index (χ4n) is 3.70. The van der Waals surface area contributed by atoms with Crippen molar-refractivity contribution in [3.8, 4) is 11.5 Å². The number of aryl methyl sites for hydroxylation is 1. The first-order chi connectivity index (χ1) is 12.7. The van der Waals surface area contributed by atoms with Gasteiger partial charge in [0.15, 0.2) is 11.5 Å². The first-order valence-corrected chi connectivity index (χ1v) is 8.75. The smallest absolute Gasteiger partial charge is 0.182 e. The minimum absolute atomic E-state index is 0.230. The van der Waals surface area contributed by atoms with Gasteiger partial charge in [-0.15, -0.1) is 0 Å². The third-order valence-corrected chi connectivity index (χ3v) is 5.08. The number of nitrogens with zero attached hydrogens (tertiary/aromatic N) is 7. The normalized spacial score (nSPS) is 16.8. The molecule has 1 unspecified atom stereocenters. The van der Waals surface area contributed by atoms with Gasteiger partial charge in [0.05, 0.1) is 17.6 Å². The van der Waals surface area contributed by atoms with Crippen LogP contribution >= 0.6 is 0 Å². The molecule has 4 aromatic rings. The topological polar surface area (TPSA) is 64.7 Å². The second-order valence-electron chi connectivity index (χ2n) is 6.59. The SMILES string of the molecule is CC1c2cccn2CCN1c1nc(-c2ccccn2)nc2c1cnn2C. The van der Waals surface area contributed by atoms with Crippen molar-refractivity contribution in [2.45, 2.75) is 19.5 Å². The Balaban J connectivity index is 1.70. The van der Waals surface area contributed by atoms with Crippen LogP contribution in [0.25, 0.3) is 22.6 Å². The molecule has 1 aliphatic rings. The standard InChI is InChI=1S/C19H19N7/c1-13-16-7-5-9-25(16)10-11-26(13)19-14-12-21-24(2)18(14)22-17(23-19)15-6-3-4-8-20-15/h3-9,12-13H,10-11H2,1-2H3. The summed E-state index contributed by atoms with van der Waals surface area (Å²) in [5.74, 6) is 1.55. The summed E-state index contributed by atoms with van der Waals surface area (Å²) in [6.07, 6.45) is 5.76. The molecular formula is C19H19N7. The molecule has 0 aromatic carbocycles. The summed E-state index contributed by atoms with van der Waals surface area (Å²) in [5, 5.41) is 5.38. The Morgan fingerprint density at radius 2 is 2.00 bits per heavy atom. The summed E-state index contributed by atoms with van der Waals surface area (Å²) in [6, 6.07) is 10.3. The molecule has 0 fully saturated rings. The molecule has 0 aliphatic carbocycles. The molecule has 0 N–H and O–H groups in total. The maximum atomic E-state index is 4.91. The second-order valence-corrected chi connectivity index (χ2v) is 6.59. The Kier molecular flexibility index (Phi) is 3.28. The van der Waals surface area contributed by atoms with Crippen molar-refractivity contribution in [1.82, 2.24) is 29.3 Å². The monoisotopic (exact) mass is 345 g/mol. The van der Waals surface area contributed by atoms with E-state index in [0.717, 1.165) is 35.6 Å². The zero-order valence-electron chi connectivity index (χ0n) is 14.7. The van der Waals surface area contributed by atoms with Crippen LogP contribution in [-0.4, -0.2) is 35.8 Å². The minimum atomic E-state index is 0.230. The lowest BCUT2D eigenvalue weighted by Gasteiger charge is -2.36. The van der Waals surface area contributed by atoms with Crippen LogP contribution < -0.4 is 4.90 Å². The van der Waals surface area contributed by atoms with Crippen molar-refractivity contribution in [1.29, 1.82) is 0 Å². The van der Waals surface area contributed by atoms with E-state index < -0.39 is 0 Å². The van der Waals surface area contributed by atoms with E-state index in [9.17, 15) is 0 Å². The fourth-order valence-corrected chi connectivity index (χ4v) is 3.70. The van der Waals surface area contributed by atoms with Crippen LogP contribution in [0, 0.1) is 0 Å². The van der Waals surface area contributed by atoms with E-state index in [1.165, 1.54) is 5.69 Å². The summed E-state index contributed by atoms with van der Waals surface area (Å²) in [5.41, 5.74) is 2.89. The lowest BCUT2D eigenvalue weighted by atomic mass is 10.1. The van der Waals surface area contributed by atoms with Crippen LogP contribution in [0.1, 0.15) is 18.7 Å². The van der Waals surface area contributed by atoms with E-state index in [0.29, 0.717) is 5.82 Å². The van der Waals surface area contributed by atoms with Gasteiger partial charge in [-0.25, -0.2) is 9.97 Å². The Morgan fingerprint density at radius 3 is 2.85 bits per heavy atom. The number of hydrogen-bond donors (Lipinski definition) is 0. The van der Waals surface area contributed by atoms with Crippen LogP contribution in [0.3, 0.4) is 0 Å². The fraction of sp³-hybridized carbons (Fsp3) is 0.263. The highest BCUT2D eigenvalue weighted by atomic mass is 15.3. The summed E-state index contributed by atoms with van der Waals surface area (Å²) < 4.78 is 4.10. The minimum Gasteiger partial charge on any atom is -0.348 e. The maximum Gasteiger partial charge on any atom is 0.182 e. The van der Waals surface area contributed by atoms with Crippen LogP contribution in [0.4, 0.5) is 5.82 Å². The molecule has 0 spiro atoms. The third kappa shape index (κ3) is 2.20. The molecule has 5 heterocycles. The average Bonchev–Trinajstić information content (AvgIpc) is 3.30. The first-order valence-electron chi connectivity index (χ1n) is 8.75. The summed E-state index contributed by atoms with van der Waals surface area (Å²) in [4.78, 5) is 16.4. The lowest BCUT2D eigenvalue weighted by molar-refractivity contribution is 0.507. The second kappa shape index (κ2) is 5.66. The zero-order chi connectivity index (χ0) is 17.7. The van der Waals surface area contributed by atoms with E-state index in [2.05, 4.69) is 44.8 Å². The highest BCUT2D eigenvalue weighted by Crippen LogP contribution is 2.34. The molecule has 7 heteroatoms. The molecular weight excluding hydrogens is 326 g/mol. The number of fused-ring (bicyclic) bond motifs is 2. The Hall–Kier alpha value is -3.22. The average molecular weight is 345 g/mol. The van der Waals surface area contributed by atoms with Gasteiger partial charge in [-0.1, -0.05) is 6.07 Å². The largest absolute Gasteiger partial charge is 0.348 e. The Bertz CT molecular complexity index is 1080. The van der Waals surface area contributed by atoms with E-state index in [-0.39, 0.29) is 6.04 Å². The van der Waals surface area contributed by atoms with Crippen molar-refractivity contribution >= 4 is 16.9 Å². The molecule has 0 bridgehead atoms. The summed E-state index contributed by atoms with van der Waals surface area (Å²) in [7, 11) is 1.91. The van der Waals surface area contributed by atoms with Gasteiger partial charge in [0.2, 0.25) is 0 Å². The van der Waals surface area contributed by atoms with Crippen LogP contribution in [0.5, 0.6) is 0 Å². The molecule has 1 atom stereocenters. The predicted molar refractivity (Wildman–Crippen MR) is 99.7 cm³/mol. The highest BCUT2D eigenvalue weighted by Gasteiger charge is 2.27. The van der Waals surface area contributed by atoms with Gasteiger partial charge >= 0.3 is 0 Å². The van der Waals surface area contributed by atoms with Gasteiger partial charge in [0, 0.05) is 38.2 Å². The van der Waals surface area contributed by atoms with Crippen molar-refractivity contribution in [3.63, 3.8) is 0 Å². The number of hydrogen-bond acceptors (Lipinski definition) is 5. The van der Waals surface area contributed by atoms with Crippen molar-refractivity contribution in [2.75, 3.05) is 11.4 Å². The quantitative estimate of drug-likeness (QED) is 0.559. The van der Waals surface area contributed by atoms with Gasteiger partial charge < -0.3 is 9.47 Å². The predicted octanol–water partition coefficient (Wildman–Crippen LogP) is 2.81. The molecule has 26 heavy (non-hydrogen) atoms. The number of pyridine rings is 1. The zero-order valence-corrected chi connectivity index (χ0v) is 14.7. The molecule has 0 saturated carbocycles. The van der Waals surface area contributed by atoms with Gasteiger partial charge in [0.25, 0.3) is 0 Å². The van der Waals surface area contributed by atoms with E-state index >= 15 is 0 Å². The number of aromatic nitrogens is 6.